The van der Waals surface area contributed by atoms with Crippen LogP contribution in [0.4, 0.5) is 0 Å². The Balaban J connectivity index is 2.02. The van der Waals surface area contributed by atoms with Crippen LogP contribution in [0.25, 0.3) is 0 Å². The molecule has 1 fully saturated rings. The van der Waals surface area contributed by atoms with E-state index in [0.717, 1.165) is 35.9 Å². The SMILES string of the molecule is COC1CCCC(Oc2ccc(Br)c(CC(C)N)c2)C1. The summed E-state index contributed by atoms with van der Waals surface area (Å²) in [6.45, 7) is 2.02. The molecule has 1 aliphatic carbocycles. The Hall–Kier alpha value is -0.580. The highest BCUT2D eigenvalue weighted by Crippen LogP contribution is 2.28. The van der Waals surface area contributed by atoms with Gasteiger partial charge >= 0.3 is 0 Å². The first-order valence-electron chi connectivity index (χ1n) is 7.32. The number of hydrogen-bond acceptors (Lipinski definition) is 3. The fourth-order valence-corrected chi connectivity index (χ4v) is 3.15. The molecule has 3 unspecified atom stereocenters. The van der Waals surface area contributed by atoms with Crippen LogP contribution in [0.15, 0.2) is 22.7 Å². The summed E-state index contributed by atoms with van der Waals surface area (Å²) in [6.07, 6.45) is 5.86. The highest BCUT2D eigenvalue weighted by atomic mass is 79.9. The van der Waals surface area contributed by atoms with Gasteiger partial charge in [-0.05, 0) is 56.4 Å². The smallest absolute Gasteiger partial charge is 0.120 e. The third-order valence-electron chi connectivity index (χ3n) is 3.77. The van der Waals surface area contributed by atoms with E-state index in [-0.39, 0.29) is 12.1 Å². The van der Waals surface area contributed by atoms with Gasteiger partial charge < -0.3 is 15.2 Å². The van der Waals surface area contributed by atoms with Gasteiger partial charge in [-0.3, -0.25) is 0 Å². The molecule has 1 aromatic carbocycles. The molecule has 2 rings (SSSR count). The predicted octanol–water partition coefficient (Wildman–Crippen LogP) is 3.68. The van der Waals surface area contributed by atoms with Crippen LogP contribution in [0.2, 0.25) is 0 Å². The lowest BCUT2D eigenvalue weighted by Gasteiger charge is -2.28. The van der Waals surface area contributed by atoms with E-state index >= 15 is 0 Å². The van der Waals surface area contributed by atoms with Crippen molar-refractivity contribution >= 4 is 15.9 Å². The van der Waals surface area contributed by atoms with Crippen LogP contribution in [0.1, 0.15) is 38.2 Å². The van der Waals surface area contributed by atoms with Gasteiger partial charge in [-0.15, -0.1) is 0 Å². The number of halogens is 1. The van der Waals surface area contributed by atoms with E-state index in [4.69, 9.17) is 15.2 Å². The summed E-state index contributed by atoms with van der Waals surface area (Å²) in [5.41, 5.74) is 7.09. The van der Waals surface area contributed by atoms with Gasteiger partial charge in [-0.25, -0.2) is 0 Å². The molecule has 0 aliphatic heterocycles. The maximum absolute atomic E-state index is 6.12. The second-order valence-electron chi connectivity index (χ2n) is 5.70. The molecule has 112 valence electrons. The minimum Gasteiger partial charge on any atom is -0.490 e. The predicted molar refractivity (Wildman–Crippen MR) is 85.2 cm³/mol. The fourth-order valence-electron chi connectivity index (χ4n) is 2.74. The van der Waals surface area contributed by atoms with Crippen LogP contribution in [0.3, 0.4) is 0 Å². The minimum absolute atomic E-state index is 0.147. The number of nitrogens with two attached hydrogens (primary N) is 1. The van der Waals surface area contributed by atoms with Gasteiger partial charge in [-0.1, -0.05) is 15.9 Å². The Morgan fingerprint density at radius 1 is 1.35 bits per heavy atom. The van der Waals surface area contributed by atoms with Crippen molar-refractivity contribution in [3.63, 3.8) is 0 Å². The molecule has 1 aliphatic rings. The van der Waals surface area contributed by atoms with Crippen LogP contribution in [0.5, 0.6) is 5.75 Å². The van der Waals surface area contributed by atoms with Crippen molar-refractivity contribution in [2.75, 3.05) is 7.11 Å². The largest absolute Gasteiger partial charge is 0.490 e. The van der Waals surface area contributed by atoms with Crippen LogP contribution in [0, 0.1) is 0 Å². The molecule has 0 radical (unpaired) electrons. The van der Waals surface area contributed by atoms with E-state index in [1.807, 2.05) is 19.1 Å². The van der Waals surface area contributed by atoms with E-state index in [0.29, 0.717) is 6.10 Å². The molecule has 0 bridgehead atoms. The Bertz CT molecular complexity index is 436. The maximum Gasteiger partial charge on any atom is 0.120 e. The summed E-state index contributed by atoms with van der Waals surface area (Å²) in [4.78, 5) is 0. The van der Waals surface area contributed by atoms with Crippen molar-refractivity contribution in [3.8, 4) is 5.75 Å². The highest BCUT2D eigenvalue weighted by molar-refractivity contribution is 9.10. The summed E-state index contributed by atoms with van der Waals surface area (Å²) in [6, 6.07) is 6.31. The average molecular weight is 342 g/mol. The first kappa shape index (κ1) is 15.8. The Morgan fingerprint density at radius 3 is 2.80 bits per heavy atom. The molecule has 0 heterocycles. The van der Waals surface area contributed by atoms with Gasteiger partial charge in [0.25, 0.3) is 0 Å². The minimum atomic E-state index is 0.147. The summed E-state index contributed by atoms with van der Waals surface area (Å²) < 4.78 is 12.7. The first-order chi connectivity index (χ1) is 9.58. The number of hydrogen-bond donors (Lipinski definition) is 1. The number of methoxy groups -OCH3 is 1. The van der Waals surface area contributed by atoms with Crippen LogP contribution >= 0.6 is 15.9 Å². The van der Waals surface area contributed by atoms with Crippen molar-refractivity contribution in [1.29, 1.82) is 0 Å². The van der Waals surface area contributed by atoms with Crippen LogP contribution in [-0.2, 0) is 11.2 Å². The average Bonchev–Trinajstić information content (AvgIpc) is 2.42. The Kier molecular flexibility index (Phi) is 5.87. The second-order valence-corrected chi connectivity index (χ2v) is 6.55. The summed E-state index contributed by atoms with van der Waals surface area (Å²) in [5.74, 6) is 0.936. The molecule has 20 heavy (non-hydrogen) atoms. The molecular weight excluding hydrogens is 318 g/mol. The zero-order chi connectivity index (χ0) is 14.5. The maximum atomic E-state index is 6.12. The Labute approximate surface area is 130 Å². The van der Waals surface area contributed by atoms with Crippen molar-refractivity contribution in [2.45, 2.75) is 57.3 Å². The van der Waals surface area contributed by atoms with Gasteiger partial charge in [0, 0.05) is 24.0 Å². The van der Waals surface area contributed by atoms with Gasteiger partial charge in [0.1, 0.15) is 11.9 Å². The normalized spacial score (nSPS) is 24.4. The molecule has 2 N–H and O–H groups in total. The monoisotopic (exact) mass is 341 g/mol. The molecular formula is C16H24BrNO2. The van der Waals surface area contributed by atoms with Gasteiger partial charge in [0.15, 0.2) is 0 Å². The third-order valence-corrected chi connectivity index (χ3v) is 4.55. The Morgan fingerprint density at radius 2 is 2.10 bits per heavy atom. The number of benzene rings is 1. The van der Waals surface area contributed by atoms with E-state index in [1.54, 1.807) is 7.11 Å². The molecule has 3 atom stereocenters. The van der Waals surface area contributed by atoms with Gasteiger partial charge in [-0.2, -0.15) is 0 Å². The molecule has 0 amide bonds. The first-order valence-corrected chi connectivity index (χ1v) is 8.11. The molecule has 0 aromatic heterocycles. The quantitative estimate of drug-likeness (QED) is 0.888. The van der Waals surface area contributed by atoms with Crippen molar-refractivity contribution in [3.05, 3.63) is 28.2 Å². The van der Waals surface area contributed by atoms with Crippen molar-refractivity contribution in [1.82, 2.24) is 0 Å². The van der Waals surface area contributed by atoms with Crippen LogP contribution in [-0.4, -0.2) is 25.4 Å². The second kappa shape index (κ2) is 7.43. The lowest BCUT2D eigenvalue weighted by molar-refractivity contribution is 0.0209. The van der Waals surface area contributed by atoms with Crippen molar-refractivity contribution < 1.29 is 9.47 Å². The lowest BCUT2D eigenvalue weighted by Crippen LogP contribution is -2.29. The highest BCUT2D eigenvalue weighted by Gasteiger charge is 2.23. The van der Waals surface area contributed by atoms with E-state index in [2.05, 4.69) is 22.0 Å². The van der Waals surface area contributed by atoms with Crippen molar-refractivity contribution in [2.24, 2.45) is 5.73 Å². The molecule has 3 nitrogen and oxygen atoms in total. The number of ether oxygens (including phenoxy) is 2. The lowest BCUT2D eigenvalue weighted by atomic mass is 9.95. The van der Waals surface area contributed by atoms with Gasteiger partial charge in [0.2, 0.25) is 0 Å². The zero-order valence-electron chi connectivity index (χ0n) is 12.3. The summed E-state index contributed by atoms with van der Waals surface area (Å²) in [7, 11) is 1.79. The zero-order valence-corrected chi connectivity index (χ0v) is 13.9. The molecule has 0 spiro atoms. The van der Waals surface area contributed by atoms with E-state index in [1.165, 1.54) is 12.0 Å². The molecule has 0 saturated heterocycles. The third kappa shape index (κ3) is 4.47. The summed E-state index contributed by atoms with van der Waals surface area (Å²) in [5, 5.41) is 0. The summed E-state index contributed by atoms with van der Waals surface area (Å²) >= 11 is 3.57. The topological polar surface area (TPSA) is 44.5 Å². The standard InChI is InChI=1S/C16H24BrNO2/c1-11(18)8-12-9-15(6-7-16(12)17)20-14-5-3-4-13(10-14)19-2/h6-7,9,11,13-14H,3-5,8,10,18H2,1-2H3. The van der Waals surface area contributed by atoms with Crippen LogP contribution < -0.4 is 10.5 Å². The molecule has 1 aromatic rings. The fraction of sp³-hybridized carbons (Fsp3) is 0.625. The molecule has 4 heteroatoms. The molecule has 1 saturated carbocycles. The van der Waals surface area contributed by atoms with Gasteiger partial charge in [0.05, 0.1) is 6.10 Å². The van der Waals surface area contributed by atoms with E-state index in [9.17, 15) is 0 Å². The number of rotatable bonds is 5. The van der Waals surface area contributed by atoms with E-state index < -0.39 is 0 Å².